The lowest BCUT2D eigenvalue weighted by atomic mass is 10.3. The van der Waals surface area contributed by atoms with Gasteiger partial charge in [0.25, 0.3) is 0 Å². The number of nitrogens with zero attached hydrogens (tertiary/aromatic N) is 1. The van der Waals surface area contributed by atoms with Gasteiger partial charge in [0.2, 0.25) is 6.08 Å². The Morgan fingerprint density at radius 1 is 1.53 bits per heavy atom. The molecule has 0 bridgehead atoms. The van der Waals surface area contributed by atoms with Gasteiger partial charge in [-0.1, -0.05) is 11.6 Å². The van der Waals surface area contributed by atoms with Crippen molar-refractivity contribution in [3.05, 3.63) is 22.6 Å². The molecular formula is C9H11Cl2NO3. The molecule has 0 amide bonds. The molecule has 0 saturated carbocycles. The Balaban J connectivity index is 5.03. The molecule has 84 valence electrons. The van der Waals surface area contributed by atoms with Gasteiger partial charge in [0, 0.05) is 7.11 Å². The third kappa shape index (κ3) is 5.00. The smallest absolute Gasteiger partial charge is 0.240 e. The van der Waals surface area contributed by atoms with Gasteiger partial charge in [-0.25, -0.2) is 4.79 Å². The van der Waals surface area contributed by atoms with Crippen molar-refractivity contribution in [3.8, 4) is 0 Å². The fourth-order valence-corrected chi connectivity index (χ4v) is 1.28. The summed E-state index contributed by atoms with van der Waals surface area (Å²) in [5.41, 5.74) is 0.206. The normalized spacial score (nSPS) is 12.9. The molecule has 0 aliphatic rings. The number of hydrogen-bond donors (Lipinski definition) is 0. The van der Waals surface area contributed by atoms with Crippen LogP contribution in [0, 0.1) is 0 Å². The highest BCUT2D eigenvalue weighted by Gasteiger charge is 2.08. The van der Waals surface area contributed by atoms with Crippen LogP contribution in [0.5, 0.6) is 0 Å². The third-order valence-electron chi connectivity index (χ3n) is 1.43. The van der Waals surface area contributed by atoms with E-state index < -0.39 is 0 Å². The van der Waals surface area contributed by atoms with Crippen molar-refractivity contribution in [1.29, 1.82) is 0 Å². The molecule has 0 atom stereocenters. The number of ether oxygens (including phenoxy) is 2. The summed E-state index contributed by atoms with van der Waals surface area (Å²) in [7, 11) is 2.98. The predicted molar refractivity (Wildman–Crippen MR) is 58.7 cm³/mol. The summed E-state index contributed by atoms with van der Waals surface area (Å²) in [6.07, 6.45) is 2.98. The van der Waals surface area contributed by atoms with Gasteiger partial charge >= 0.3 is 0 Å². The number of carbonyl (C=O) groups excluding carboxylic acids is 1. The summed E-state index contributed by atoms with van der Waals surface area (Å²) in [6, 6.07) is 0. The first kappa shape index (κ1) is 14.2. The molecule has 0 aromatic heterocycles. The molecule has 0 spiro atoms. The zero-order chi connectivity index (χ0) is 11.7. The summed E-state index contributed by atoms with van der Waals surface area (Å²) >= 11 is 11.4. The van der Waals surface area contributed by atoms with E-state index in [1.54, 1.807) is 6.08 Å². The standard InChI is InChI=1S/C9H11Cl2NO3/c1-14-4-3-8(15-2)9(11)7(5-10)12-6-13/h3H,4-5H2,1-2H3/b8-3+,9-7-. The van der Waals surface area contributed by atoms with Gasteiger partial charge in [0.1, 0.15) is 10.8 Å². The average molecular weight is 252 g/mol. The van der Waals surface area contributed by atoms with Crippen LogP contribution in [0.15, 0.2) is 27.6 Å². The first-order valence-electron chi connectivity index (χ1n) is 3.97. The summed E-state index contributed by atoms with van der Waals surface area (Å²) in [5.74, 6) is 0.357. The van der Waals surface area contributed by atoms with Crippen molar-refractivity contribution >= 4 is 29.3 Å². The minimum atomic E-state index is 0.00174. The number of isocyanates is 1. The van der Waals surface area contributed by atoms with Gasteiger partial charge in [-0.15, -0.1) is 11.6 Å². The van der Waals surface area contributed by atoms with Gasteiger partial charge in [-0.3, -0.25) is 0 Å². The molecule has 0 aliphatic heterocycles. The van der Waals surface area contributed by atoms with Crippen molar-refractivity contribution in [2.24, 2.45) is 4.99 Å². The molecule has 0 fully saturated rings. The second-order valence-electron chi connectivity index (χ2n) is 2.33. The summed E-state index contributed by atoms with van der Waals surface area (Å²) in [5, 5.41) is 0.174. The number of allylic oxidation sites excluding steroid dienone is 2. The average Bonchev–Trinajstić information content (AvgIpc) is 2.26. The second-order valence-corrected chi connectivity index (χ2v) is 2.97. The minimum Gasteiger partial charge on any atom is -0.495 e. The highest BCUT2D eigenvalue weighted by molar-refractivity contribution is 6.33. The predicted octanol–water partition coefficient (Wildman–Crippen LogP) is 2.19. The molecule has 0 saturated heterocycles. The van der Waals surface area contributed by atoms with E-state index in [2.05, 4.69) is 4.99 Å². The van der Waals surface area contributed by atoms with E-state index in [1.165, 1.54) is 20.3 Å². The fraction of sp³-hybridized carbons (Fsp3) is 0.444. The largest absolute Gasteiger partial charge is 0.495 e. The van der Waals surface area contributed by atoms with Crippen molar-refractivity contribution in [2.45, 2.75) is 0 Å². The number of methoxy groups -OCH3 is 2. The summed E-state index contributed by atoms with van der Waals surface area (Å²) < 4.78 is 9.81. The Kier molecular flexibility index (Phi) is 8.05. The first-order valence-corrected chi connectivity index (χ1v) is 4.88. The third-order valence-corrected chi connectivity index (χ3v) is 2.09. The molecular weight excluding hydrogens is 241 g/mol. The second kappa shape index (κ2) is 8.50. The minimum absolute atomic E-state index is 0.00174. The SMILES string of the molecule is COC/C=C(OC)\C(Cl)=C(/CCl)N=C=O. The Bertz CT molecular complexity index is 306. The molecule has 0 rings (SSSR count). The highest BCUT2D eigenvalue weighted by atomic mass is 35.5. The summed E-state index contributed by atoms with van der Waals surface area (Å²) in [6.45, 7) is 0.333. The highest BCUT2D eigenvalue weighted by Crippen LogP contribution is 2.21. The molecule has 0 aromatic rings. The van der Waals surface area contributed by atoms with Crippen LogP contribution in [0.1, 0.15) is 0 Å². The molecule has 4 nitrogen and oxygen atoms in total. The molecule has 0 unspecified atom stereocenters. The van der Waals surface area contributed by atoms with Crippen molar-refractivity contribution in [1.82, 2.24) is 0 Å². The van der Waals surface area contributed by atoms with Crippen LogP contribution in [-0.4, -0.2) is 32.8 Å². The maximum absolute atomic E-state index is 10.1. The lowest BCUT2D eigenvalue weighted by Crippen LogP contribution is -1.95. The molecule has 0 aliphatic carbocycles. The van der Waals surface area contributed by atoms with Crippen LogP contribution in [-0.2, 0) is 14.3 Å². The lowest BCUT2D eigenvalue weighted by molar-refractivity contribution is 0.225. The van der Waals surface area contributed by atoms with Crippen molar-refractivity contribution < 1.29 is 14.3 Å². The lowest BCUT2D eigenvalue weighted by Gasteiger charge is -2.06. The van der Waals surface area contributed by atoms with E-state index >= 15 is 0 Å². The van der Waals surface area contributed by atoms with Gasteiger partial charge < -0.3 is 9.47 Å². The maximum Gasteiger partial charge on any atom is 0.240 e. The van der Waals surface area contributed by atoms with Crippen LogP contribution >= 0.6 is 23.2 Å². The Labute approximate surface area is 98.2 Å². The zero-order valence-electron chi connectivity index (χ0n) is 8.42. The van der Waals surface area contributed by atoms with Crippen LogP contribution < -0.4 is 0 Å². The van der Waals surface area contributed by atoms with E-state index in [0.29, 0.717) is 12.4 Å². The number of alkyl halides is 1. The van der Waals surface area contributed by atoms with E-state index in [9.17, 15) is 4.79 Å². The quantitative estimate of drug-likeness (QED) is 0.239. The van der Waals surface area contributed by atoms with Crippen LogP contribution in [0.3, 0.4) is 0 Å². The van der Waals surface area contributed by atoms with E-state index in [0.717, 1.165) is 0 Å². The number of aliphatic imine (C=N–C) groups is 1. The molecule has 0 heterocycles. The van der Waals surface area contributed by atoms with Crippen molar-refractivity contribution in [2.75, 3.05) is 26.7 Å². The van der Waals surface area contributed by atoms with Crippen LogP contribution in [0.25, 0.3) is 0 Å². The number of rotatable bonds is 6. The topological polar surface area (TPSA) is 47.9 Å². The van der Waals surface area contributed by atoms with Crippen molar-refractivity contribution in [3.63, 3.8) is 0 Å². The van der Waals surface area contributed by atoms with E-state index in [-0.39, 0.29) is 16.6 Å². The van der Waals surface area contributed by atoms with Gasteiger partial charge in [0.05, 0.1) is 25.3 Å². The van der Waals surface area contributed by atoms with Crippen LogP contribution in [0.2, 0.25) is 0 Å². The first-order chi connectivity index (χ1) is 7.21. The monoisotopic (exact) mass is 251 g/mol. The fourth-order valence-electron chi connectivity index (χ4n) is 0.756. The Hall–Kier alpha value is -0.800. The molecule has 15 heavy (non-hydrogen) atoms. The van der Waals surface area contributed by atoms with Gasteiger partial charge in [-0.2, -0.15) is 4.99 Å². The molecule has 6 heteroatoms. The van der Waals surface area contributed by atoms with E-state index in [1.807, 2.05) is 0 Å². The number of hydrogen-bond acceptors (Lipinski definition) is 4. The molecule has 0 N–H and O–H groups in total. The summed E-state index contributed by atoms with van der Waals surface area (Å²) in [4.78, 5) is 13.4. The Morgan fingerprint density at radius 2 is 2.20 bits per heavy atom. The maximum atomic E-state index is 10.1. The molecule has 0 radical (unpaired) electrons. The Morgan fingerprint density at radius 3 is 2.60 bits per heavy atom. The van der Waals surface area contributed by atoms with Gasteiger partial charge in [-0.05, 0) is 6.08 Å². The van der Waals surface area contributed by atoms with Gasteiger partial charge in [0.15, 0.2) is 0 Å². The number of halogens is 2. The van der Waals surface area contributed by atoms with E-state index in [4.69, 9.17) is 32.7 Å². The zero-order valence-corrected chi connectivity index (χ0v) is 9.93. The van der Waals surface area contributed by atoms with Crippen LogP contribution in [0.4, 0.5) is 0 Å². The molecule has 0 aromatic carbocycles.